The molecule has 1 aromatic heterocycles. The van der Waals surface area contributed by atoms with Gasteiger partial charge in [-0.3, -0.25) is 9.69 Å². The van der Waals surface area contributed by atoms with Crippen LogP contribution in [0.1, 0.15) is 12.2 Å². The fourth-order valence-electron chi connectivity index (χ4n) is 3.08. The molecule has 0 spiro atoms. The molecule has 1 aliphatic heterocycles. The maximum absolute atomic E-state index is 12.5. The number of methoxy groups -OCH3 is 1. The van der Waals surface area contributed by atoms with Crippen LogP contribution in [0.4, 0.5) is 5.82 Å². The molecule has 1 aliphatic rings. The monoisotopic (exact) mass is 387 g/mol. The zero-order valence-corrected chi connectivity index (χ0v) is 16.5. The van der Waals surface area contributed by atoms with Gasteiger partial charge in [0.1, 0.15) is 17.4 Å². The van der Waals surface area contributed by atoms with E-state index in [0.29, 0.717) is 30.0 Å². The van der Waals surface area contributed by atoms with Crippen molar-refractivity contribution in [3.8, 4) is 5.75 Å². The maximum atomic E-state index is 12.5. The molecule has 0 radical (unpaired) electrons. The van der Waals surface area contributed by atoms with Gasteiger partial charge in [0, 0.05) is 30.2 Å². The Morgan fingerprint density at radius 2 is 2.15 bits per heavy atom. The highest BCUT2D eigenvalue weighted by molar-refractivity contribution is 8.00. The van der Waals surface area contributed by atoms with Crippen LogP contribution < -0.4 is 10.5 Å². The first kappa shape index (κ1) is 19.4. The van der Waals surface area contributed by atoms with Crippen LogP contribution >= 0.6 is 11.8 Å². The quantitative estimate of drug-likeness (QED) is 0.726. The molecule has 3 rings (SSSR count). The number of benzene rings is 1. The number of nitrogens with two attached hydrogens (primary N) is 1. The van der Waals surface area contributed by atoms with Crippen molar-refractivity contribution in [2.75, 3.05) is 38.7 Å². The number of rotatable bonds is 7. The van der Waals surface area contributed by atoms with Crippen LogP contribution in [0.15, 0.2) is 41.4 Å². The van der Waals surface area contributed by atoms with Crippen molar-refractivity contribution in [1.29, 1.82) is 0 Å². The van der Waals surface area contributed by atoms with Crippen LogP contribution in [0.25, 0.3) is 0 Å². The number of carbonyl (C=O) groups is 1. The molecule has 1 saturated heterocycles. The molecule has 8 heteroatoms. The number of anilines is 1. The predicted molar refractivity (Wildman–Crippen MR) is 107 cm³/mol. The summed E-state index contributed by atoms with van der Waals surface area (Å²) in [4.78, 5) is 26.2. The predicted octanol–water partition coefficient (Wildman–Crippen LogP) is 1.89. The van der Waals surface area contributed by atoms with Crippen molar-refractivity contribution in [2.24, 2.45) is 0 Å². The number of carbonyl (C=O) groups excluding carboxylic acids is 1. The van der Waals surface area contributed by atoms with Crippen LogP contribution in [0.2, 0.25) is 0 Å². The molecule has 0 aliphatic carbocycles. The van der Waals surface area contributed by atoms with E-state index >= 15 is 0 Å². The van der Waals surface area contributed by atoms with E-state index < -0.39 is 0 Å². The largest absolute Gasteiger partial charge is 0.497 e. The molecule has 1 aromatic carbocycles. The topological polar surface area (TPSA) is 84.6 Å². The van der Waals surface area contributed by atoms with Crippen LogP contribution in [-0.4, -0.2) is 64.7 Å². The molecule has 1 unspecified atom stereocenters. The third-order valence-corrected chi connectivity index (χ3v) is 5.68. The molecule has 2 heterocycles. The summed E-state index contributed by atoms with van der Waals surface area (Å²) in [5, 5.41) is 0. The Labute approximate surface area is 163 Å². The Hall–Kier alpha value is -2.32. The smallest absolute Gasteiger partial charge is 0.232 e. The highest BCUT2D eigenvalue weighted by Crippen LogP contribution is 2.23. The van der Waals surface area contributed by atoms with E-state index in [-0.39, 0.29) is 5.91 Å². The lowest BCUT2D eigenvalue weighted by Crippen LogP contribution is -2.37. The maximum Gasteiger partial charge on any atom is 0.232 e. The summed E-state index contributed by atoms with van der Waals surface area (Å²) < 4.78 is 5.15. The molecule has 0 saturated carbocycles. The van der Waals surface area contributed by atoms with Gasteiger partial charge in [0.05, 0.1) is 19.4 Å². The molecule has 7 nitrogen and oxygen atoms in total. The van der Waals surface area contributed by atoms with Crippen molar-refractivity contribution in [3.63, 3.8) is 0 Å². The second kappa shape index (κ2) is 9.05. The van der Waals surface area contributed by atoms with Gasteiger partial charge in [0.15, 0.2) is 0 Å². The molecule has 0 bridgehead atoms. The molecular formula is C19H25N5O2S. The number of likely N-dealkylation sites (tertiary alicyclic amines) is 1. The summed E-state index contributed by atoms with van der Waals surface area (Å²) in [6.07, 6.45) is 2.63. The summed E-state index contributed by atoms with van der Waals surface area (Å²) in [5.41, 5.74) is 5.72. The average Bonchev–Trinajstić information content (AvgIpc) is 3.17. The van der Waals surface area contributed by atoms with E-state index in [2.05, 4.69) is 14.9 Å². The highest BCUT2D eigenvalue weighted by atomic mass is 32.2. The number of aromatic nitrogens is 2. The SMILES string of the molecule is COc1ccc(SCC(=O)N2CCC(N(C)Cc3nccc(N)n3)C2)cc1. The van der Waals surface area contributed by atoms with Gasteiger partial charge in [0.2, 0.25) is 5.91 Å². The number of nitrogen functional groups attached to an aromatic ring is 1. The zero-order valence-electron chi connectivity index (χ0n) is 15.7. The van der Waals surface area contributed by atoms with Crippen molar-refractivity contribution in [3.05, 3.63) is 42.4 Å². The Morgan fingerprint density at radius 1 is 1.37 bits per heavy atom. The lowest BCUT2D eigenvalue weighted by atomic mass is 10.2. The van der Waals surface area contributed by atoms with Gasteiger partial charge in [-0.25, -0.2) is 9.97 Å². The van der Waals surface area contributed by atoms with Gasteiger partial charge in [0.25, 0.3) is 0 Å². The molecule has 144 valence electrons. The van der Waals surface area contributed by atoms with Gasteiger partial charge >= 0.3 is 0 Å². The lowest BCUT2D eigenvalue weighted by molar-refractivity contribution is -0.127. The van der Waals surface area contributed by atoms with Crippen LogP contribution in [0.5, 0.6) is 5.75 Å². The van der Waals surface area contributed by atoms with E-state index in [1.165, 1.54) is 0 Å². The Morgan fingerprint density at radius 3 is 2.85 bits per heavy atom. The Bertz CT molecular complexity index is 771. The Kier molecular flexibility index (Phi) is 6.52. The molecule has 27 heavy (non-hydrogen) atoms. The van der Waals surface area contributed by atoms with Gasteiger partial charge in [-0.15, -0.1) is 11.8 Å². The zero-order chi connectivity index (χ0) is 19.2. The molecule has 1 amide bonds. The molecule has 1 atom stereocenters. The minimum absolute atomic E-state index is 0.173. The highest BCUT2D eigenvalue weighted by Gasteiger charge is 2.29. The summed E-state index contributed by atoms with van der Waals surface area (Å²) in [6.45, 7) is 2.15. The van der Waals surface area contributed by atoms with Crippen LogP contribution in [0.3, 0.4) is 0 Å². The van der Waals surface area contributed by atoms with Crippen molar-refractivity contribution < 1.29 is 9.53 Å². The molecule has 2 N–H and O–H groups in total. The summed E-state index contributed by atoms with van der Waals surface area (Å²) >= 11 is 1.55. The number of amides is 1. The number of hydrogen-bond acceptors (Lipinski definition) is 7. The third kappa shape index (κ3) is 5.33. The van der Waals surface area contributed by atoms with Gasteiger partial charge in [-0.05, 0) is 43.8 Å². The summed E-state index contributed by atoms with van der Waals surface area (Å²) in [7, 11) is 3.68. The first-order valence-corrected chi connectivity index (χ1v) is 9.86. The third-order valence-electron chi connectivity index (χ3n) is 4.68. The number of nitrogens with zero attached hydrogens (tertiary/aromatic N) is 4. The second-order valence-corrected chi connectivity index (χ2v) is 7.61. The number of hydrogen-bond donors (Lipinski definition) is 1. The van der Waals surface area contributed by atoms with E-state index in [0.717, 1.165) is 30.2 Å². The van der Waals surface area contributed by atoms with Crippen LogP contribution in [-0.2, 0) is 11.3 Å². The Balaban J connectivity index is 1.47. The summed E-state index contributed by atoms with van der Waals surface area (Å²) in [5.74, 6) is 2.62. The summed E-state index contributed by atoms with van der Waals surface area (Å²) in [6, 6.07) is 9.76. The molecular weight excluding hydrogens is 362 g/mol. The van der Waals surface area contributed by atoms with Gasteiger partial charge in [-0.1, -0.05) is 0 Å². The van der Waals surface area contributed by atoms with Gasteiger partial charge in [-0.2, -0.15) is 0 Å². The normalized spacial score (nSPS) is 16.7. The lowest BCUT2D eigenvalue weighted by Gasteiger charge is -2.24. The van der Waals surface area contributed by atoms with Crippen LogP contribution in [0, 0.1) is 0 Å². The first-order valence-electron chi connectivity index (χ1n) is 8.87. The number of likely N-dealkylation sites (N-methyl/N-ethyl adjacent to an activating group) is 1. The minimum atomic E-state index is 0.173. The van der Waals surface area contributed by atoms with E-state index in [4.69, 9.17) is 10.5 Å². The molecule has 2 aromatic rings. The fourth-order valence-corrected chi connectivity index (χ4v) is 3.88. The molecule has 1 fully saturated rings. The van der Waals surface area contributed by atoms with Crippen molar-refractivity contribution in [2.45, 2.75) is 23.9 Å². The fraction of sp³-hybridized carbons (Fsp3) is 0.421. The standard InChI is InChI=1S/C19H25N5O2S/c1-23(12-18-21-9-7-17(20)22-18)14-8-10-24(11-14)19(25)13-27-16-5-3-15(26-2)4-6-16/h3-7,9,14H,8,10-13H2,1-2H3,(H2,20,21,22). The van der Waals surface area contributed by atoms with Gasteiger partial charge < -0.3 is 15.4 Å². The van der Waals surface area contributed by atoms with E-state index in [9.17, 15) is 4.79 Å². The van der Waals surface area contributed by atoms with E-state index in [1.54, 1.807) is 31.1 Å². The van der Waals surface area contributed by atoms with Crippen molar-refractivity contribution >= 4 is 23.5 Å². The average molecular weight is 388 g/mol. The number of thioether (sulfide) groups is 1. The first-order chi connectivity index (χ1) is 13.0. The van der Waals surface area contributed by atoms with E-state index in [1.807, 2.05) is 36.2 Å². The second-order valence-electron chi connectivity index (χ2n) is 6.56. The van der Waals surface area contributed by atoms with Crippen molar-refractivity contribution in [1.82, 2.24) is 19.8 Å². The number of ether oxygens (including phenoxy) is 1. The minimum Gasteiger partial charge on any atom is -0.497 e.